The lowest BCUT2D eigenvalue weighted by molar-refractivity contribution is -0.127. The molecule has 0 radical (unpaired) electrons. The number of methoxy groups -OCH3 is 1. The van der Waals surface area contributed by atoms with E-state index in [1.165, 1.54) is 12.8 Å². The van der Waals surface area contributed by atoms with Crippen molar-refractivity contribution in [2.75, 3.05) is 7.11 Å². The molecule has 0 heterocycles. The Labute approximate surface area is 130 Å². The number of Topliss-reactive ketones (excluding diaryl/α,β-unsaturated/α-hetero) is 1. The summed E-state index contributed by atoms with van der Waals surface area (Å²) in [6.45, 7) is 4.47. The number of carbonyl (C=O) groups excluding carboxylic acids is 1. The summed E-state index contributed by atoms with van der Waals surface area (Å²) in [5.41, 5.74) is 1.21. The average molecular weight is 339 g/mol. The molecule has 2 nitrogen and oxygen atoms in total. The van der Waals surface area contributed by atoms with E-state index in [2.05, 4.69) is 29.8 Å². The largest absolute Gasteiger partial charge is 0.496 e. The third kappa shape index (κ3) is 3.43. The molecule has 1 fully saturated rings. The van der Waals surface area contributed by atoms with Gasteiger partial charge in [-0.25, -0.2) is 0 Å². The number of ether oxygens (including phenoxy) is 1. The molecule has 0 bridgehead atoms. The zero-order chi connectivity index (χ0) is 14.8. The molecule has 0 aromatic heterocycles. The molecule has 1 aliphatic carbocycles. The molecule has 1 aromatic carbocycles. The zero-order valence-corrected chi connectivity index (χ0v) is 14.1. The first kappa shape index (κ1) is 15.6. The van der Waals surface area contributed by atoms with Crippen LogP contribution in [0.4, 0.5) is 0 Å². The van der Waals surface area contributed by atoms with Crippen LogP contribution in [0.5, 0.6) is 5.75 Å². The third-order valence-corrected chi connectivity index (χ3v) is 5.11. The van der Waals surface area contributed by atoms with Gasteiger partial charge < -0.3 is 4.74 Å². The van der Waals surface area contributed by atoms with Crippen molar-refractivity contribution < 1.29 is 9.53 Å². The van der Waals surface area contributed by atoms with Crippen LogP contribution in [-0.2, 0) is 11.2 Å². The highest BCUT2D eigenvalue weighted by atomic mass is 79.9. The van der Waals surface area contributed by atoms with Crippen molar-refractivity contribution in [3.63, 3.8) is 0 Å². The molecule has 1 atom stereocenters. The van der Waals surface area contributed by atoms with Crippen LogP contribution >= 0.6 is 15.9 Å². The lowest BCUT2D eigenvalue weighted by Crippen LogP contribution is -2.34. The van der Waals surface area contributed by atoms with Gasteiger partial charge in [0.2, 0.25) is 0 Å². The number of hydrogen-bond donors (Lipinski definition) is 0. The summed E-state index contributed by atoms with van der Waals surface area (Å²) in [4.78, 5) is 12.6. The number of halogens is 1. The minimum atomic E-state index is 0.152. The van der Waals surface area contributed by atoms with Crippen LogP contribution in [0.15, 0.2) is 22.7 Å². The van der Waals surface area contributed by atoms with Crippen molar-refractivity contribution >= 4 is 21.7 Å². The van der Waals surface area contributed by atoms with Crippen LogP contribution in [0.2, 0.25) is 0 Å². The summed E-state index contributed by atoms with van der Waals surface area (Å²) in [6.07, 6.45) is 5.17. The molecule has 2 rings (SSSR count). The summed E-state index contributed by atoms with van der Waals surface area (Å²) in [7, 11) is 1.65. The van der Waals surface area contributed by atoms with Crippen LogP contribution in [0.3, 0.4) is 0 Å². The molecule has 1 saturated carbocycles. The van der Waals surface area contributed by atoms with Crippen LogP contribution in [0.25, 0.3) is 0 Å². The fourth-order valence-electron chi connectivity index (χ4n) is 3.24. The highest BCUT2D eigenvalue weighted by Gasteiger charge is 2.36. The number of hydrogen-bond acceptors (Lipinski definition) is 2. The fraction of sp³-hybridized carbons (Fsp3) is 0.588. The van der Waals surface area contributed by atoms with E-state index in [4.69, 9.17) is 4.74 Å². The molecule has 0 amide bonds. The Hall–Kier alpha value is -0.830. The van der Waals surface area contributed by atoms with E-state index >= 15 is 0 Å². The third-order valence-electron chi connectivity index (χ3n) is 4.49. The summed E-state index contributed by atoms with van der Waals surface area (Å²) < 4.78 is 6.13. The first-order chi connectivity index (χ1) is 9.44. The van der Waals surface area contributed by atoms with Crippen LogP contribution in [0, 0.1) is 11.3 Å². The van der Waals surface area contributed by atoms with Gasteiger partial charge in [-0.3, -0.25) is 4.79 Å². The molecule has 1 aliphatic rings. The van der Waals surface area contributed by atoms with E-state index < -0.39 is 0 Å². The molecular formula is C17H23BrO2. The molecule has 1 unspecified atom stereocenters. The SMILES string of the molecule is COc1ccc(CC(=O)C2CCCCC2(C)C)cc1Br. The molecule has 0 aliphatic heterocycles. The second kappa shape index (κ2) is 6.30. The Kier molecular flexibility index (Phi) is 4.90. The van der Waals surface area contributed by atoms with Crippen molar-refractivity contribution in [1.29, 1.82) is 0 Å². The van der Waals surface area contributed by atoms with Gasteiger partial charge in [-0.05, 0) is 51.9 Å². The Morgan fingerprint density at radius 1 is 1.40 bits per heavy atom. The standard InChI is InChI=1S/C17H23BrO2/c1-17(2)9-5-4-6-13(17)15(19)11-12-7-8-16(20-3)14(18)10-12/h7-8,10,13H,4-6,9,11H2,1-3H3. The van der Waals surface area contributed by atoms with E-state index in [1.807, 2.05) is 18.2 Å². The summed E-state index contributed by atoms with van der Waals surface area (Å²) in [5, 5.41) is 0. The topological polar surface area (TPSA) is 26.3 Å². The minimum Gasteiger partial charge on any atom is -0.496 e. The molecule has 0 spiro atoms. The highest BCUT2D eigenvalue weighted by molar-refractivity contribution is 9.10. The number of carbonyl (C=O) groups is 1. The quantitative estimate of drug-likeness (QED) is 0.789. The van der Waals surface area contributed by atoms with Crippen LogP contribution in [0.1, 0.15) is 45.1 Å². The minimum absolute atomic E-state index is 0.152. The molecule has 0 saturated heterocycles. The van der Waals surface area contributed by atoms with Gasteiger partial charge in [0.05, 0.1) is 11.6 Å². The molecular weight excluding hydrogens is 316 g/mol. The van der Waals surface area contributed by atoms with Gasteiger partial charge in [0.1, 0.15) is 11.5 Å². The predicted octanol–water partition coefficient (Wildman–Crippen LogP) is 4.79. The van der Waals surface area contributed by atoms with Gasteiger partial charge >= 0.3 is 0 Å². The smallest absolute Gasteiger partial charge is 0.140 e. The molecule has 110 valence electrons. The van der Waals surface area contributed by atoms with Crippen molar-refractivity contribution in [2.24, 2.45) is 11.3 Å². The van der Waals surface area contributed by atoms with E-state index in [1.54, 1.807) is 7.11 Å². The second-order valence-electron chi connectivity index (χ2n) is 6.40. The lowest BCUT2D eigenvalue weighted by atomic mass is 9.66. The van der Waals surface area contributed by atoms with Gasteiger partial charge in [0, 0.05) is 12.3 Å². The zero-order valence-electron chi connectivity index (χ0n) is 12.5. The van der Waals surface area contributed by atoms with Gasteiger partial charge in [0.25, 0.3) is 0 Å². The summed E-state index contributed by atoms with van der Waals surface area (Å²) >= 11 is 3.48. The maximum absolute atomic E-state index is 12.6. The van der Waals surface area contributed by atoms with Crippen molar-refractivity contribution in [3.05, 3.63) is 28.2 Å². The van der Waals surface area contributed by atoms with E-state index in [-0.39, 0.29) is 11.3 Å². The number of rotatable bonds is 4. The Balaban J connectivity index is 2.09. The summed E-state index contributed by atoms with van der Waals surface area (Å²) in [6, 6.07) is 5.89. The Morgan fingerprint density at radius 3 is 2.75 bits per heavy atom. The van der Waals surface area contributed by atoms with Gasteiger partial charge in [-0.2, -0.15) is 0 Å². The van der Waals surface area contributed by atoms with Gasteiger partial charge in [-0.1, -0.05) is 32.8 Å². The molecule has 3 heteroatoms. The van der Waals surface area contributed by atoms with Crippen molar-refractivity contribution in [1.82, 2.24) is 0 Å². The first-order valence-electron chi connectivity index (χ1n) is 7.29. The maximum atomic E-state index is 12.6. The first-order valence-corrected chi connectivity index (χ1v) is 8.08. The molecule has 20 heavy (non-hydrogen) atoms. The highest BCUT2D eigenvalue weighted by Crippen LogP contribution is 2.41. The predicted molar refractivity (Wildman–Crippen MR) is 85.1 cm³/mol. The summed E-state index contributed by atoms with van der Waals surface area (Å²) in [5.74, 6) is 1.39. The molecule has 0 N–H and O–H groups in total. The lowest BCUT2D eigenvalue weighted by Gasteiger charge is -2.37. The number of ketones is 1. The monoisotopic (exact) mass is 338 g/mol. The number of benzene rings is 1. The van der Waals surface area contributed by atoms with Crippen LogP contribution in [-0.4, -0.2) is 12.9 Å². The van der Waals surface area contributed by atoms with Crippen molar-refractivity contribution in [3.8, 4) is 5.75 Å². The normalized spacial score (nSPS) is 21.5. The van der Waals surface area contributed by atoms with Crippen LogP contribution < -0.4 is 4.74 Å². The molecule has 1 aromatic rings. The fourth-order valence-corrected chi connectivity index (χ4v) is 3.82. The Bertz CT molecular complexity index is 494. The maximum Gasteiger partial charge on any atom is 0.140 e. The van der Waals surface area contributed by atoms with E-state index in [0.29, 0.717) is 12.2 Å². The van der Waals surface area contributed by atoms with E-state index in [9.17, 15) is 4.79 Å². The average Bonchev–Trinajstić information content (AvgIpc) is 2.38. The Morgan fingerprint density at radius 2 is 2.15 bits per heavy atom. The van der Waals surface area contributed by atoms with E-state index in [0.717, 1.165) is 28.6 Å². The van der Waals surface area contributed by atoms with Gasteiger partial charge in [-0.15, -0.1) is 0 Å². The van der Waals surface area contributed by atoms with Gasteiger partial charge in [0.15, 0.2) is 0 Å². The second-order valence-corrected chi connectivity index (χ2v) is 7.25. The van der Waals surface area contributed by atoms with Crippen molar-refractivity contribution in [2.45, 2.75) is 46.0 Å².